The van der Waals surface area contributed by atoms with Crippen LogP contribution in [0.25, 0.3) is 0 Å². The topological polar surface area (TPSA) is 24.5 Å². The molecule has 1 N–H and O–H groups in total. The number of rotatable bonds is 7. The second-order valence-electron chi connectivity index (χ2n) is 5.17. The van der Waals surface area contributed by atoms with Crippen LogP contribution in [0.4, 0.5) is 4.39 Å². The second-order valence-corrected chi connectivity index (χ2v) is 5.17. The molecule has 0 aromatic heterocycles. The van der Waals surface area contributed by atoms with Gasteiger partial charge in [0.15, 0.2) is 11.6 Å². The number of benzene rings is 1. The lowest BCUT2D eigenvalue weighted by Gasteiger charge is -2.26. The quantitative estimate of drug-likeness (QED) is 0.823. The lowest BCUT2D eigenvalue weighted by molar-refractivity contribution is 0.281. The summed E-state index contributed by atoms with van der Waals surface area (Å²) < 4.78 is 19.1. The zero-order chi connectivity index (χ0) is 14.4. The van der Waals surface area contributed by atoms with Crippen LogP contribution in [-0.2, 0) is 0 Å². The minimum atomic E-state index is -0.296. The molecule has 0 heterocycles. The second kappa shape index (κ2) is 7.46. The highest BCUT2D eigenvalue weighted by Gasteiger charge is 2.16. The Morgan fingerprint density at radius 2 is 2.00 bits per heavy atom. The van der Waals surface area contributed by atoms with Gasteiger partial charge in [-0.3, -0.25) is 0 Å². The van der Waals surface area contributed by atoms with Gasteiger partial charge >= 0.3 is 0 Å². The predicted molar refractivity (Wildman–Crippen MR) is 77.1 cm³/mol. The smallest absolute Gasteiger partial charge is 0.165 e. The normalized spacial score (nSPS) is 13.1. The maximum absolute atomic E-state index is 13.9. The summed E-state index contributed by atoms with van der Waals surface area (Å²) in [4.78, 5) is 2.09. The van der Waals surface area contributed by atoms with Crippen LogP contribution in [-0.4, -0.2) is 38.2 Å². The van der Waals surface area contributed by atoms with Crippen LogP contribution < -0.4 is 10.1 Å². The number of likely N-dealkylation sites (N-methyl/N-ethyl adjacent to an activating group) is 1. The average molecular weight is 268 g/mol. The van der Waals surface area contributed by atoms with Crippen molar-refractivity contribution in [2.45, 2.75) is 32.9 Å². The van der Waals surface area contributed by atoms with Gasteiger partial charge in [0.25, 0.3) is 0 Å². The average Bonchev–Trinajstić information content (AvgIpc) is 2.32. The number of nitrogens with one attached hydrogen (secondary N) is 1. The molecule has 4 heteroatoms. The third-order valence-corrected chi connectivity index (χ3v) is 2.98. The van der Waals surface area contributed by atoms with Gasteiger partial charge in [-0.25, -0.2) is 4.39 Å². The molecule has 1 unspecified atom stereocenters. The highest BCUT2D eigenvalue weighted by Crippen LogP contribution is 2.24. The minimum Gasteiger partial charge on any atom is -0.491 e. The molecule has 0 saturated carbocycles. The molecule has 0 aliphatic rings. The van der Waals surface area contributed by atoms with E-state index in [9.17, 15) is 4.39 Å². The van der Waals surface area contributed by atoms with Crippen molar-refractivity contribution in [3.05, 3.63) is 29.6 Å². The molecule has 19 heavy (non-hydrogen) atoms. The lowest BCUT2D eigenvalue weighted by Crippen LogP contribution is -2.34. The highest BCUT2D eigenvalue weighted by molar-refractivity contribution is 5.31. The van der Waals surface area contributed by atoms with Gasteiger partial charge in [0, 0.05) is 18.6 Å². The number of nitrogens with zero attached hydrogens (tertiary/aromatic N) is 1. The van der Waals surface area contributed by atoms with Crippen molar-refractivity contribution in [2.75, 3.05) is 27.2 Å². The van der Waals surface area contributed by atoms with Crippen molar-refractivity contribution < 1.29 is 9.13 Å². The first-order chi connectivity index (χ1) is 8.95. The first-order valence-electron chi connectivity index (χ1n) is 6.77. The van der Waals surface area contributed by atoms with E-state index in [2.05, 4.69) is 24.1 Å². The molecule has 0 aliphatic heterocycles. The summed E-state index contributed by atoms with van der Waals surface area (Å²) in [6.45, 7) is 7.32. The third-order valence-electron chi connectivity index (χ3n) is 2.98. The Labute approximate surface area is 115 Å². The van der Waals surface area contributed by atoms with Crippen LogP contribution in [0.3, 0.4) is 0 Å². The Hall–Kier alpha value is -1.13. The van der Waals surface area contributed by atoms with Crippen molar-refractivity contribution in [1.29, 1.82) is 0 Å². The van der Waals surface area contributed by atoms with Gasteiger partial charge in [-0.1, -0.05) is 19.9 Å². The SMILES string of the molecule is CCOc1ccc(C(CNC(C)C)N(C)C)cc1F. The number of halogens is 1. The fraction of sp³-hybridized carbons (Fsp3) is 0.600. The maximum Gasteiger partial charge on any atom is 0.165 e. The summed E-state index contributed by atoms with van der Waals surface area (Å²) in [5.41, 5.74) is 0.958. The van der Waals surface area contributed by atoms with Gasteiger partial charge in [0.05, 0.1) is 6.61 Å². The summed E-state index contributed by atoms with van der Waals surface area (Å²) in [6, 6.07) is 5.76. The largest absolute Gasteiger partial charge is 0.491 e. The van der Waals surface area contributed by atoms with Crippen LogP contribution in [0.15, 0.2) is 18.2 Å². The Morgan fingerprint density at radius 1 is 1.32 bits per heavy atom. The molecule has 0 amide bonds. The van der Waals surface area contributed by atoms with Crippen LogP contribution in [0.2, 0.25) is 0 Å². The number of ether oxygens (including phenoxy) is 1. The molecule has 108 valence electrons. The summed E-state index contributed by atoms with van der Waals surface area (Å²) in [6.07, 6.45) is 0. The lowest BCUT2D eigenvalue weighted by atomic mass is 10.1. The van der Waals surface area contributed by atoms with E-state index < -0.39 is 0 Å². The van der Waals surface area contributed by atoms with Crippen molar-refractivity contribution in [1.82, 2.24) is 10.2 Å². The molecule has 3 nitrogen and oxygen atoms in total. The van der Waals surface area contributed by atoms with Crippen LogP contribution in [0.1, 0.15) is 32.4 Å². The van der Waals surface area contributed by atoms with E-state index in [1.807, 2.05) is 27.1 Å². The van der Waals surface area contributed by atoms with E-state index in [1.165, 1.54) is 0 Å². The van der Waals surface area contributed by atoms with E-state index in [4.69, 9.17) is 4.74 Å². The van der Waals surface area contributed by atoms with Gasteiger partial charge in [-0.2, -0.15) is 0 Å². The van der Waals surface area contributed by atoms with Crippen LogP contribution in [0.5, 0.6) is 5.75 Å². The zero-order valence-corrected chi connectivity index (χ0v) is 12.5. The molecule has 0 saturated heterocycles. The first kappa shape index (κ1) is 15.9. The summed E-state index contributed by atoms with van der Waals surface area (Å²) in [5.74, 6) is 0.0244. The number of hydrogen-bond donors (Lipinski definition) is 1. The molecule has 0 radical (unpaired) electrons. The van der Waals surface area contributed by atoms with Gasteiger partial charge in [-0.05, 0) is 38.7 Å². The highest BCUT2D eigenvalue weighted by atomic mass is 19.1. The Kier molecular flexibility index (Phi) is 6.25. The third kappa shape index (κ3) is 4.80. The molecule has 0 spiro atoms. The molecular formula is C15H25FN2O. The number of hydrogen-bond acceptors (Lipinski definition) is 3. The molecule has 0 bridgehead atoms. The van der Waals surface area contributed by atoms with Crippen LogP contribution in [0, 0.1) is 5.82 Å². The van der Waals surface area contributed by atoms with Crippen LogP contribution >= 0.6 is 0 Å². The maximum atomic E-state index is 13.9. The monoisotopic (exact) mass is 268 g/mol. The molecule has 1 aromatic carbocycles. The van der Waals surface area contributed by atoms with Crippen molar-refractivity contribution in [3.63, 3.8) is 0 Å². The fourth-order valence-corrected chi connectivity index (χ4v) is 1.94. The van der Waals surface area contributed by atoms with Gasteiger partial charge in [0.2, 0.25) is 0 Å². The Morgan fingerprint density at radius 3 is 2.47 bits per heavy atom. The molecule has 0 fully saturated rings. The molecule has 1 atom stereocenters. The summed E-state index contributed by atoms with van der Waals surface area (Å²) in [5, 5.41) is 3.39. The van der Waals surface area contributed by atoms with E-state index in [1.54, 1.807) is 12.1 Å². The van der Waals surface area contributed by atoms with Crippen molar-refractivity contribution >= 4 is 0 Å². The Bertz CT molecular complexity index is 394. The predicted octanol–water partition coefficient (Wildman–Crippen LogP) is 2.83. The van der Waals surface area contributed by atoms with Gasteiger partial charge in [-0.15, -0.1) is 0 Å². The van der Waals surface area contributed by atoms with E-state index in [0.717, 1.165) is 12.1 Å². The molecule has 0 aliphatic carbocycles. The first-order valence-corrected chi connectivity index (χ1v) is 6.77. The van der Waals surface area contributed by atoms with E-state index in [0.29, 0.717) is 18.4 Å². The van der Waals surface area contributed by atoms with E-state index >= 15 is 0 Å². The minimum absolute atomic E-state index is 0.146. The van der Waals surface area contributed by atoms with E-state index in [-0.39, 0.29) is 11.9 Å². The molecule has 1 aromatic rings. The van der Waals surface area contributed by atoms with Gasteiger partial charge < -0.3 is 15.0 Å². The van der Waals surface area contributed by atoms with Gasteiger partial charge in [0.1, 0.15) is 0 Å². The van der Waals surface area contributed by atoms with Crippen molar-refractivity contribution in [2.24, 2.45) is 0 Å². The molecular weight excluding hydrogens is 243 g/mol. The Balaban J connectivity index is 2.87. The zero-order valence-electron chi connectivity index (χ0n) is 12.5. The summed E-state index contributed by atoms with van der Waals surface area (Å²) in [7, 11) is 4.00. The van der Waals surface area contributed by atoms with Crippen molar-refractivity contribution in [3.8, 4) is 5.75 Å². The standard InChI is InChI=1S/C15H25FN2O/c1-6-19-15-8-7-12(9-13(15)16)14(18(4)5)10-17-11(2)3/h7-9,11,14,17H,6,10H2,1-5H3. The molecule has 1 rings (SSSR count). The fourth-order valence-electron chi connectivity index (χ4n) is 1.94. The summed E-state index contributed by atoms with van der Waals surface area (Å²) >= 11 is 0.